The molecule has 0 saturated carbocycles. The number of hydrogen-bond donors (Lipinski definition) is 3. The minimum absolute atomic E-state index is 0.391. The zero-order valence-corrected chi connectivity index (χ0v) is 6.94. The fourth-order valence-electron chi connectivity index (χ4n) is 0.892. The van der Waals surface area contributed by atoms with Crippen LogP contribution >= 0.6 is 0 Å². The first-order chi connectivity index (χ1) is 5.61. The lowest BCUT2D eigenvalue weighted by Crippen LogP contribution is -2.23. The Morgan fingerprint density at radius 2 is 2.17 bits per heavy atom. The van der Waals surface area contributed by atoms with Gasteiger partial charge in [0.15, 0.2) is 0 Å². The zero-order valence-electron chi connectivity index (χ0n) is 6.94. The van der Waals surface area contributed by atoms with Crippen molar-refractivity contribution in [1.29, 1.82) is 0 Å². The molecule has 1 rings (SSSR count). The standard InChI is InChI=1S/C8H13N3O/c1-5(12)8(10)6-2-3-7(9)11-4-6/h2-5,8,12H,10H2,1H3,(H2,9,11)/t5-,8+/m0/s1. The molecule has 66 valence electrons. The molecule has 0 saturated heterocycles. The summed E-state index contributed by atoms with van der Waals surface area (Å²) in [5, 5.41) is 9.16. The van der Waals surface area contributed by atoms with Crippen LogP contribution in [0.2, 0.25) is 0 Å². The van der Waals surface area contributed by atoms with Gasteiger partial charge < -0.3 is 16.6 Å². The Morgan fingerprint density at radius 1 is 1.50 bits per heavy atom. The van der Waals surface area contributed by atoms with Gasteiger partial charge in [-0.15, -0.1) is 0 Å². The highest BCUT2D eigenvalue weighted by Gasteiger charge is 2.11. The molecule has 0 unspecified atom stereocenters. The minimum Gasteiger partial charge on any atom is -0.391 e. The van der Waals surface area contributed by atoms with Gasteiger partial charge in [0.25, 0.3) is 0 Å². The molecule has 0 aliphatic rings. The molecule has 0 aliphatic carbocycles. The third-order valence-corrected chi connectivity index (χ3v) is 1.71. The first-order valence-corrected chi connectivity index (χ1v) is 3.76. The fourth-order valence-corrected chi connectivity index (χ4v) is 0.892. The first kappa shape index (κ1) is 8.96. The van der Waals surface area contributed by atoms with Gasteiger partial charge in [0.2, 0.25) is 0 Å². The number of rotatable bonds is 2. The SMILES string of the molecule is C[C@H](O)[C@@H](N)c1ccc(N)nc1. The molecule has 0 radical (unpaired) electrons. The van der Waals surface area contributed by atoms with Crippen LogP contribution in [0.4, 0.5) is 5.82 Å². The Morgan fingerprint density at radius 3 is 2.58 bits per heavy atom. The highest BCUT2D eigenvalue weighted by molar-refractivity contribution is 5.30. The van der Waals surface area contributed by atoms with Crippen LogP contribution in [0.5, 0.6) is 0 Å². The van der Waals surface area contributed by atoms with Crippen molar-refractivity contribution in [1.82, 2.24) is 4.98 Å². The van der Waals surface area contributed by atoms with E-state index in [1.807, 2.05) is 0 Å². The van der Waals surface area contributed by atoms with Gasteiger partial charge in [-0.05, 0) is 18.6 Å². The summed E-state index contributed by atoms with van der Waals surface area (Å²) in [6, 6.07) is 3.04. The molecule has 2 atom stereocenters. The summed E-state index contributed by atoms with van der Waals surface area (Å²) < 4.78 is 0. The number of hydrogen-bond acceptors (Lipinski definition) is 4. The van der Waals surface area contributed by atoms with Crippen LogP contribution in [-0.4, -0.2) is 16.2 Å². The van der Waals surface area contributed by atoms with Gasteiger partial charge in [-0.3, -0.25) is 0 Å². The second-order valence-corrected chi connectivity index (χ2v) is 2.78. The average Bonchev–Trinajstić information content (AvgIpc) is 2.04. The molecule has 0 bridgehead atoms. The second-order valence-electron chi connectivity index (χ2n) is 2.78. The van der Waals surface area contributed by atoms with E-state index in [4.69, 9.17) is 16.6 Å². The van der Waals surface area contributed by atoms with E-state index in [0.717, 1.165) is 5.56 Å². The van der Waals surface area contributed by atoms with Crippen LogP contribution in [0.1, 0.15) is 18.5 Å². The summed E-state index contributed by atoms with van der Waals surface area (Å²) in [6.45, 7) is 1.64. The number of nitrogens with two attached hydrogens (primary N) is 2. The molecule has 4 nitrogen and oxygen atoms in total. The van der Waals surface area contributed by atoms with Crippen LogP contribution in [0, 0.1) is 0 Å². The van der Waals surface area contributed by atoms with Gasteiger partial charge in [-0.1, -0.05) is 6.07 Å². The van der Waals surface area contributed by atoms with Gasteiger partial charge >= 0.3 is 0 Å². The molecule has 0 aliphatic heterocycles. The largest absolute Gasteiger partial charge is 0.391 e. The number of aliphatic hydroxyl groups excluding tert-OH is 1. The van der Waals surface area contributed by atoms with Crippen molar-refractivity contribution >= 4 is 5.82 Å². The third kappa shape index (κ3) is 1.93. The molecule has 0 spiro atoms. The Bertz CT molecular complexity index is 245. The van der Waals surface area contributed by atoms with Gasteiger partial charge in [0, 0.05) is 6.20 Å². The maximum absolute atomic E-state index is 9.16. The average molecular weight is 167 g/mol. The van der Waals surface area contributed by atoms with E-state index in [1.54, 1.807) is 25.3 Å². The summed E-state index contributed by atoms with van der Waals surface area (Å²) in [4.78, 5) is 3.87. The van der Waals surface area contributed by atoms with Crippen molar-refractivity contribution in [3.8, 4) is 0 Å². The predicted molar refractivity (Wildman–Crippen MR) is 47.3 cm³/mol. The van der Waals surface area contributed by atoms with E-state index >= 15 is 0 Å². The molecule has 4 heteroatoms. The number of aliphatic hydroxyl groups is 1. The smallest absolute Gasteiger partial charge is 0.123 e. The third-order valence-electron chi connectivity index (χ3n) is 1.71. The minimum atomic E-state index is -0.574. The van der Waals surface area contributed by atoms with Crippen molar-refractivity contribution in [3.05, 3.63) is 23.9 Å². The topological polar surface area (TPSA) is 85.2 Å². The fraction of sp³-hybridized carbons (Fsp3) is 0.375. The Balaban J connectivity index is 2.82. The quantitative estimate of drug-likeness (QED) is 0.580. The summed E-state index contributed by atoms with van der Waals surface area (Å²) >= 11 is 0. The summed E-state index contributed by atoms with van der Waals surface area (Å²) in [6.07, 6.45) is 1.00. The summed E-state index contributed by atoms with van der Waals surface area (Å²) in [5.41, 5.74) is 11.8. The molecule has 1 aromatic rings. The van der Waals surface area contributed by atoms with E-state index in [9.17, 15) is 0 Å². The Labute approximate surface area is 71.2 Å². The summed E-state index contributed by atoms with van der Waals surface area (Å²) in [7, 11) is 0. The molecule has 1 heterocycles. The molecular formula is C8H13N3O. The van der Waals surface area contributed by atoms with Crippen molar-refractivity contribution in [2.45, 2.75) is 19.1 Å². The number of nitrogen functional groups attached to an aromatic ring is 1. The lowest BCUT2D eigenvalue weighted by Gasteiger charge is -2.14. The van der Waals surface area contributed by atoms with Crippen molar-refractivity contribution in [2.24, 2.45) is 5.73 Å². The lowest BCUT2D eigenvalue weighted by atomic mass is 10.1. The number of nitrogens with zero attached hydrogens (tertiary/aromatic N) is 1. The summed E-state index contributed by atoms with van der Waals surface area (Å²) in [5.74, 6) is 0.455. The maximum Gasteiger partial charge on any atom is 0.123 e. The molecule has 0 amide bonds. The van der Waals surface area contributed by atoms with E-state index in [0.29, 0.717) is 5.82 Å². The van der Waals surface area contributed by atoms with E-state index in [2.05, 4.69) is 4.98 Å². The molecule has 0 fully saturated rings. The molecule has 1 aromatic heterocycles. The number of aromatic nitrogens is 1. The van der Waals surface area contributed by atoms with Gasteiger partial charge in [0.05, 0.1) is 12.1 Å². The normalized spacial score (nSPS) is 15.6. The molecule has 0 aromatic carbocycles. The van der Waals surface area contributed by atoms with Gasteiger partial charge in [0.1, 0.15) is 5.82 Å². The highest BCUT2D eigenvalue weighted by atomic mass is 16.3. The van der Waals surface area contributed by atoms with Crippen LogP contribution in [0.15, 0.2) is 18.3 Å². The van der Waals surface area contributed by atoms with Crippen LogP contribution in [-0.2, 0) is 0 Å². The van der Waals surface area contributed by atoms with Crippen LogP contribution in [0.25, 0.3) is 0 Å². The van der Waals surface area contributed by atoms with Crippen molar-refractivity contribution in [3.63, 3.8) is 0 Å². The number of anilines is 1. The van der Waals surface area contributed by atoms with Crippen molar-refractivity contribution in [2.75, 3.05) is 5.73 Å². The van der Waals surface area contributed by atoms with E-state index in [1.165, 1.54) is 0 Å². The predicted octanol–water partition coefficient (Wildman–Crippen LogP) is 0.0444. The van der Waals surface area contributed by atoms with Crippen LogP contribution in [0.3, 0.4) is 0 Å². The monoisotopic (exact) mass is 167 g/mol. The first-order valence-electron chi connectivity index (χ1n) is 3.76. The molecule has 5 N–H and O–H groups in total. The molecular weight excluding hydrogens is 154 g/mol. The Kier molecular flexibility index (Phi) is 2.62. The number of pyridine rings is 1. The van der Waals surface area contributed by atoms with E-state index < -0.39 is 12.1 Å². The Hall–Kier alpha value is -1.13. The highest BCUT2D eigenvalue weighted by Crippen LogP contribution is 2.13. The second kappa shape index (κ2) is 3.51. The zero-order chi connectivity index (χ0) is 9.14. The van der Waals surface area contributed by atoms with Crippen molar-refractivity contribution < 1.29 is 5.11 Å². The lowest BCUT2D eigenvalue weighted by molar-refractivity contribution is 0.164. The maximum atomic E-state index is 9.16. The van der Waals surface area contributed by atoms with E-state index in [-0.39, 0.29) is 0 Å². The van der Waals surface area contributed by atoms with Crippen LogP contribution < -0.4 is 11.5 Å². The van der Waals surface area contributed by atoms with Gasteiger partial charge in [-0.25, -0.2) is 4.98 Å². The molecule has 12 heavy (non-hydrogen) atoms. The van der Waals surface area contributed by atoms with Gasteiger partial charge in [-0.2, -0.15) is 0 Å².